The number of imidazole rings is 1. The maximum absolute atomic E-state index is 10.9. The van der Waals surface area contributed by atoms with Gasteiger partial charge < -0.3 is 19.9 Å². The number of H-pyrrole nitrogens is 1. The Bertz CT molecular complexity index is 1450. The second-order valence-corrected chi connectivity index (χ2v) is 17.0. The highest BCUT2D eigenvalue weighted by atomic mass is 28.3. The fourth-order valence-electron chi connectivity index (χ4n) is 5.01. The van der Waals surface area contributed by atoms with Crippen LogP contribution in [-0.2, 0) is 11.2 Å². The Balaban J connectivity index is 1.51. The first kappa shape index (κ1) is 26.3. The number of aliphatic hydroxyl groups is 1. The summed E-state index contributed by atoms with van der Waals surface area (Å²) in [7, 11) is -1.17. The molecule has 3 aromatic carbocycles. The molecule has 1 aromatic heterocycles. The molecule has 0 amide bonds. The van der Waals surface area contributed by atoms with Crippen LogP contribution in [0.5, 0.6) is 5.75 Å². The van der Waals surface area contributed by atoms with Crippen molar-refractivity contribution in [3.8, 4) is 16.9 Å². The van der Waals surface area contributed by atoms with Gasteiger partial charge in [-0.25, -0.2) is 4.98 Å². The predicted octanol–water partition coefficient (Wildman–Crippen LogP) is 6.42. The van der Waals surface area contributed by atoms with Crippen LogP contribution in [0.2, 0.25) is 25.7 Å². The van der Waals surface area contributed by atoms with E-state index in [1.165, 1.54) is 0 Å². The van der Waals surface area contributed by atoms with E-state index < -0.39 is 8.07 Å². The predicted molar refractivity (Wildman–Crippen MR) is 157 cm³/mol. The first-order chi connectivity index (χ1) is 18.2. The summed E-state index contributed by atoms with van der Waals surface area (Å²) in [6.45, 7) is 10.4. The fraction of sp³-hybridized carbons (Fsp3) is 0.355. The molecule has 1 aliphatic heterocycles. The van der Waals surface area contributed by atoms with Gasteiger partial charge in [0.1, 0.15) is 11.5 Å². The number of hydrogen-bond acceptors (Lipinski definition) is 5. The van der Waals surface area contributed by atoms with Gasteiger partial charge in [-0.05, 0) is 71.8 Å². The second kappa shape index (κ2) is 10.8. The van der Waals surface area contributed by atoms with Gasteiger partial charge in [-0.1, -0.05) is 56.0 Å². The largest absolute Gasteiger partial charge is 0.507 e. The van der Waals surface area contributed by atoms with Gasteiger partial charge in [0.2, 0.25) is 0 Å². The van der Waals surface area contributed by atoms with Crippen LogP contribution >= 0.6 is 0 Å². The number of fused-ring (bicyclic) bond motifs is 2. The molecule has 198 valence electrons. The Hall–Kier alpha value is -3.26. The van der Waals surface area contributed by atoms with Crippen LogP contribution in [0.25, 0.3) is 22.2 Å². The number of ether oxygens (including phenoxy) is 1. The molecule has 0 bridgehead atoms. The molecule has 0 radical (unpaired) electrons. The van der Waals surface area contributed by atoms with Gasteiger partial charge in [0.25, 0.3) is 0 Å². The van der Waals surface area contributed by atoms with Crippen molar-refractivity contribution >= 4 is 24.8 Å². The topological polar surface area (TPSA) is 90.7 Å². The lowest BCUT2D eigenvalue weighted by molar-refractivity contribution is 0.134. The number of aliphatic imine (C=N–C) groups is 1. The number of phenolic OH excluding ortho intramolecular Hbond substituents is 1. The van der Waals surface area contributed by atoms with Crippen molar-refractivity contribution in [2.45, 2.75) is 51.5 Å². The average Bonchev–Trinajstić information content (AvgIpc) is 3.48. The zero-order chi connectivity index (χ0) is 26.9. The molecule has 1 aliphatic rings. The van der Waals surface area contributed by atoms with Gasteiger partial charge in [-0.15, -0.1) is 0 Å². The number of aryl methyl sites for hydroxylation is 1. The van der Waals surface area contributed by atoms with E-state index in [1.54, 1.807) is 0 Å². The molecule has 0 saturated carbocycles. The smallest absolute Gasteiger partial charge is 0.157 e. The number of aromatic hydroxyl groups is 1. The standard InChI is InChI=1S/C31H37N3O3Si/c1-20-23(13-11-21(30(20)36)8-7-15-35)22-12-14-24-25(18-22)29(31-33-26-9-5-6-10-27(26)34-31)32-28(24)19-37-16-17-38(2,3)4/h5-6,9-14,18,28,35-36H,7-8,15-17,19H2,1-4H3,(H,33,34). The second-order valence-electron chi connectivity index (χ2n) is 11.4. The molecular weight excluding hydrogens is 490 g/mol. The molecular formula is C31H37N3O3Si. The summed E-state index contributed by atoms with van der Waals surface area (Å²) in [6, 6.07) is 19.5. The lowest BCUT2D eigenvalue weighted by atomic mass is 9.92. The Morgan fingerprint density at radius 2 is 1.84 bits per heavy atom. The third kappa shape index (κ3) is 5.46. The molecule has 5 rings (SSSR count). The number of aliphatic hydroxyl groups excluding tert-OH is 1. The van der Waals surface area contributed by atoms with E-state index in [4.69, 9.17) is 14.7 Å². The molecule has 1 atom stereocenters. The quantitative estimate of drug-likeness (QED) is 0.164. The van der Waals surface area contributed by atoms with Crippen LogP contribution in [0.15, 0.2) is 59.6 Å². The number of hydrogen-bond donors (Lipinski definition) is 3. The van der Waals surface area contributed by atoms with Gasteiger partial charge >= 0.3 is 0 Å². The summed E-state index contributed by atoms with van der Waals surface area (Å²) in [6.07, 6.45) is 1.28. The molecule has 38 heavy (non-hydrogen) atoms. The number of nitrogens with zero attached hydrogens (tertiary/aromatic N) is 2. The molecule has 3 N–H and O–H groups in total. The maximum atomic E-state index is 10.9. The van der Waals surface area contributed by atoms with Gasteiger partial charge in [0.05, 0.1) is 23.7 Å². The number of phenols is 1. The van der Waals surface area contributed by atoms with Crippen molar-refractivity contribution in [1.82, 2.24) is 9.97 Å². The van der Waals surface area contributed by atoms with Crippen LogP contribution < -0.4 is 0 Å². The van der Waals surface area contributed by atoms with E-state index in [0.29, 0.717) is 25.2 Å². The van der Waals surface area contributed by atoms with Gasteiger partial charge in [0, 0.05) is 26.9 Å². The van der Waals surface area contributed by atoms with E-state index in [2.05, 4.69) is 48.9 Å². The molecule has 0 fully saturated rings. The Morgan fingerprint density at radius 1 is 1.03 bits per heavy atom. The summed E-state index contributed by atoms with van der Waals surface area (Å²) in [5, 5.41) is 20.0. The average molecular weight is 528 g/mol. The van der Waals surface area contributed by atoms with E-state index in [0.717, 1.165) is 68.6 Å². The van der Waals surface area contributed by atoms with Crippen molar-refractivity contribution < 1.29 is 14.9 Å². The van der Waals surface area contributed by atoms with Crippen molar-refractivity contribution in [3.63, 3.8) is 0 Å². The van der Waals surface area contributed by atoms with E-state index in [1.807, 2.05) is 37.3 Å². The van der Waals surface area contributed by atoms with Crippen LogP contribution in [0, 0.1) is 6.92 Å². The normalized spacial score (nSPS) is 15.2. The monoisotopic (exact) mass is 527 g/mol. The third-order valence-electron chi connectivity index (χ3n) is 7.27. The lowest BCUT2D eigenvalue weighted by Crippen LogP contribution is -2.22. The molecule has 0 spiro atoms. The van der Waals surface area contributed by atoms with Gasteiger partial charge in [0.15, 0.2) is 5.82 Å². The minimum atomic E-state index is -1.17. The van der Waals surface area contributed by atoms with Crippen LogP contribution in [-0.4, -0.2) is 53.8 Å². The van der Waals surface area contributed by atoms with Crippen LogP contribution in [0.3, 0.4) is 0 Å². The maximum Gasteiger partial charge on any atom is 0.157 e. The molecule has 2 heterocycles. The lowest BCUT2D eigenvalue weighted by Gasteiger charge is -2.17. The summed E-state index contributed by atoms with van der Waals surface area (Å²) < 4.78 is 6.13. The fourth-order valence-corrected chi connectivity index (χ4v) is 5.77. The molecule has 1 unspecified atom stereocenters. The molecule has 6 nitrogen and oxygen atoms in total. The van der Waals surface area contributed by atoms with Crippen molar-refractivity contribution in [1.29, 1.82) is 0 Å². The Morgan fingerprint density at radius 3 is 2.61 bits per heavy atom. The minimum absolute atomic E-state index is 0.0840. The highest BCUT2D eigenvalue weighted by Gasteiger charge is 2.29. The third-order valence-corrected chi connectivity index (χ3v) is 8.97. The van der Waals surface area contributed by atoms with E-state index in [9.17, 15) is 10.2 Å². The summed E-state index contributed by atoms with van der Waals surface area (Å²) >= 11 is 0. The zero-order valence-electron chi connectivity index (χ0n) is 22.7. The Kier molecular flexibility index (Phi) is 7.52. The van der Waals surface area contributed by atoms with E-state index >= 15 is 0 Å². The first-order valence-electron chi connectivity index (χ1n) is 13.4. The number of aromatic amines is 1. The number of nitrogens with one attached hydrogen (secondary N) is 1. The summed E-state index contributed by atoms with van der Waals surface area (Å²) in [4.78, 5) is 13.4. The number of para-hydroxylation sites is 2. The Labute approximate surface area is 225 Å². The highest BCUT2D eigenvalue weighted by Crippen LogP contribution is 2.38. The molecule has 0 aliphatic carbocycles. The molecule has 7 heteroatoms. The van der Waals surface area contributed by atoms with Crippen molar-refractivity contribution in [3.05, 3.63) is 82.7 Å². The summed E-state index contributed by atoms with van der Waals surface area (Å²) in [5.74, 6) is 1.06. The van der Waals surface area contributed by atoms with Gasteiger partial charge in [-0.3, -0.25) is 4.99 Å². The highest BCUT2D eigenvalue weighted by molar-refractivity contribution is 6.76. The van der Waals surface area contributed by atoms with Gasteiger partial charge in [-0.2, -0.15) is 0 Å². The van der Waals surface area contributed by atoms with Crippen molar-refractivity contribution in [2.24, 2.45) is 4.99 Å². The first-order valence-corrected chi connectivity index (χ1v) is 17.1. The number of rotatable bonds is 10. The summed E-state index contributed by atoms with van der Waals surface area (Å²) in [5.41, 5.74) is 8.63. The van der Waals surface area contributed by atoms with Crippen LogP contribution in [0.1, 0.15) is 40.5 Å². The van der Waals surface area contributed by atoms with Crippen molar-refractivity contribution in [2.75, 3.05) is 19.8 Å². The molecule has 4 aromatic rings. The van der Waals surface area contributed by atoms with Crippen LogP contribution in [0.4, 0.5) is 0 Å². The number of benzene rings is 3. The minimum Gasteiger partial charge on any atom is -0.507 e. The zero-order valence-corrected chi connectivity index (χ0v) is 23.7. The van der Waals surface area contributed by atoms with E-state index in [-0.39, 0.29) is 12.6 Å². The number of aromatic nitrogens is 2. The SMILES string of the molecule is Cc1c(-c2ccc3c(c2)C(c2nc4ccccc4[nH]2)=NC3COCC[Si](C)(C)C)ccc(CCCO)c1O. The molecule has 0 saturated heterocycles.